The van der Waals surface area contributed by atoms with Crippen LogP contribution in [0.5, 0.6) is 0 Å². The van der Waals surface area contributed by atoms with Crippen molar-refractivity contribution in [3.05, 3.63) is 60.0 Å². The maximum atomic E-state index is 11.8. The smallest absolute Gasteiger partial charge is 0.247 e. The molecule has 1 aliphatic rings. The van der Waals surface area contributed by atoms with E-state index in [0.717, 1.165) is 35.5 Å². The van der Waals surface area contributed by atoms with Crippen molar-refractivity contribution in [3.8, 4) is 11.5 Å². The largest absolute Gasteiger partial charge is 0.418 e. The van der Waals surface area contributed by atoms with Crippen LogP contribution in [0.15, 0.2) is 52.9 Å². The molecule has 0 radical (unpaired) electrons. The highest BCUT2D eigenvalue weighted by Crippen LogP contribution is 2.26. The third kappa shape index (κ3) is 3.69. The molecule has 0 bridgehead atoms. The molecule has 1 N–H and O–H groups in total. The lowest BCUT2D eigenvalue weighted by Gasteiger charge is -2.17. The molecule has 1 aliphatic heterocycles. The number of nitrogens with zero attached hydrogens (tertiary/aromatic N) is 3. The van der Waals surface area contributed by atoms with Crippen LogP contribution in [0.1, 0.15) is 37.3 Å². The quantitative estimate of drug-likeness (QED) is 0.731. The number of rotatable bonds is 5. The van der Waals surface area contributed by atoms with Gasteiger partial charge in [-0.2, -0.15) is 0 Å². The van der Waals surface area contributed by atoms with Gasteiger partial charge in [0, 0.05) is 29.9 Å². The number of carbonyl (C=O) groups excluding carboxylic acids is 1. The van der Waals surface area contributed by atoms with Gasteiger partial charge in [0.05, 0.1) is 0 Å². The van der Waals surface area contributed by atoms with Crippen molar-refractivity contribution >= 4 is 17.3 Å². The number of hydrogen-bond acceptors (Lipinski definition) is 5. The minimum absolute atomic E-state index is 0.129. The van der Waals surface area contributed by atoms with Gasteiger partial charge in [-0.25, -0.2) is 0 Å². The minimum Gasteiger partial charge on any atom is -0.418 e. The minimum atomic E-state index is -0.129. The highest BCUT2D eigenvalue weighted by Gasteiger charge is 2.21. The molecule has 0 spiro atoms. The van der Waals surface area contributed by atoms with Crippen LogP contribution in [0.3, 0.4) is 0 Å². The molecule has 0 saturated carbocycles. The lowest BCUT2D eigenvalue weighted by Crippen LogP contribution is -2.23. The monoisotopic (exact) mass is 362 g/mol. The van der Waals surface area contributed by atoms with Gasteiger partial charge in [0.2, 0.25) is 17.7 Å². The van der Waals surface area contributed by atoms with Gasteiger partial charge in [-0.3, -0.25) is 4.79 Å². The SMILES string of the molecule is Cc1cccc(-c2nnc([C@@H](C)Nc3ccc(N4CCCC4=O)cc3)o2)c1. The number of hydrogen-bond donors (Lipinski definition) is 1. The third-order valence-corrected chi connectivity index (χ3v) is 4.71. The molecule has 0 aliphatic carbocycles. The Balaban J connectivity index is 1.45. The fourth-order valence-corrected chi connectivity index (χ4v) is 3.27. The van der Waals surface area contributed by atoms with Gasteiger partial charge in [0.25, 0.3) is 0 Å². The van der Waals surface area contributed by atoms with Crippen molar-refractivity contribution in [1.29, 1.82) is 0 Å². The number of amides is 1. The summed E-state index contributed by atoms with van der Waals surface area (Å²) in [6, 6.07) is 15.7. The van der Waals surface area contributed by atoms with Crippen molar-refractivity contribution in [2.45, 2.75) is 32.7 Å². The molecule has 2 aromatic carbocycles. The predicted molar refractivity (Wildman–Crippen MR) is 105 cm³/mol. The van der Waals surface area contributed by atoms with Crippen LogP contribution in [-0.2, 0) is 4.79 Å². The molecule has 0 unspecified atom stereocenters. The molecule has 6 nitrogen and oxygen atoms in total. The molecule has 1 fully saturated rings. The Morgan fingerprint density at radius 1 is 1.15 bits per heavy atom. The zero-order valence-corrected chi connectivity index (χ0v) is 15.5. The van der Waals surface area contributed by atoms with E-state index in [2.05, 4.69) is 15.5 Å². The second-order valence-corrected chi connectivity index (χ2v) is 6.88. The van der Waals surface area contributed by atoms with E-state index in [0.29, 0.717) is 18.2 Å². The first-order valence-electron chi connectivity index (χ1n) is 9.17. The molecule has 6 heteroatoms. The van der Waals surface area contributed by atoms with E-state index in [1.165, 1.54) is 0 Å². The standard InChI is InChI=1S/C21H22N4O2/c1-14-5-3-6-16(13-14)21-24-23-20(27-21)15(2)22-17-8-10-18(11-9-17)25-12-4-7-19(25)26/h3,5-6,8-11,13,15,22H,4,7,12H2,1-2H3/t15-/m1/s1. The van der Waals surface area contributed by atoms with E-state index >= 15 is 0 Å². The number of aromatic nitrogens is 2. The predicted octanol–water partition coefficient (Wildman–Crippen LogP) is 4.34. The Bertz CT molecular complexity index is 949. The van der Waals surface area contributed by atoms with E-state index < -0.39 is 0 Å². The van der Waals surface area contributed by atoms with Crippen LogP contribution in [-0.4, -0.2) is 22.6 Å². The van der Waals surface area contributed by atoms with Gasteiger partial charge in [-0.1, -0.05) is 17.7 Å². The van der Waals surface area contributed by atoms with Crippen molar-refractivity contribution in [1.82, 2.24) is 10.2 Å². The molecule has 138 valence electrons. The van der Waals surface area contributed by atoms with E-state index in [1.54, 1.807) is 0 Å². The zero-order valence-electron chi connectivity index (χ0n) is 15.5. The molecule has 27 heavy (non-hydrogen) atoms. The fourth-order valence-electron chi connectivity index (χ4n) is 3.27. The van der Waals surface area contributed by atoms with E-state index in [4.69, 9.17) is 4.42 Å². The maximum Gasteiger partial charge on any atom is 0.247 e. The van der Waals surface area contributed by atoms with Crippen molar-refractivity contribution in [2.75, 3.05) is 16.8 Å². The van der Waals surface area contributed by atoms with Crippen molar-refractivity contribution in [3.63, 3.8) is 0 Å². The highest BCUT2D eigenvalue weighted by atomic mass is 16.4. The van der Waals surface area contributed by atoms with Crippen LogP contribution in [0.4, 0.5) is 11.4 Å². The summed E-state index contributed by atoms with van der Waals surface area (Å²) in [5.41, 5.74) is 3.94. The summed E-state index contributed by atoms with van der Waals surface area (Å²) >= 11 is 0. The highest BCUT2D eigenvalue weighted by molar-refractivity contribution is 5.95. The molecule has 3 aromatic rings. The summed E-state index contributed by atoms with van der Waals surface area (Å²) in [5, 5.41) is 11.7. The number of nitrogens with one attached hydrogen (secondary N) is 1. The van der Waals surface area contributed by atoms with E-state index in [9.17, 15) is 4.79 Å². The molecule has 2 heterocycles. The number of aryl methyl sites for hydroxylation is 1. The van der Waals surface area contributed by atoms with Crippen LogP contribution < -0.4 is 10.2 Å². The van der Waals surface area contributed by atoms with Crippen molar-refractivity contribution in [2.24, 2.45) is 0 Å². The Morgan fingerprint density at radius 2 is 1.96 bits per heavy atom. The normalized spacial score (nSPS) is 15.2. The molecule has 1 saturated heterocycles. The summed E-state index contributed by atoms with van der Waals surface area (Å²) in [6.07, 6.45) is 1.56. The van der Waals surface area contributed by atoms with Crippen LogP contribution >= 0.6 is 0 Å². The molecular formula is C21H22N4O2. The average molecular weight is 362 g/mol. The van der Waals surface area contributed by atoms with Crippen LogP contribution in [0.25, 0.3) is 11.5 Å². The molecular weight excluding hydrogens is 340 g/mol. The Kier molecular flexibility index (Phi) is 4.62. The first kappa shape index (κ1) is 17.3. The Labute approximate surface area is 158 Å². The zero-order chi connectivity index (χ0) is 18.8. The summed E-state index contributed by atoms with van der Waals surface area (Å²) in [6.45, 7) is 4.81. The molecule has 1 amide bonds. The summed E-state index contributed by atoms with van der Waals surface area (Å²) in [5.74, 6) is 1.24. The second kappa shape index (κ2) is 7.23. The summed E-state index contributed by atoms with van der Waals surface area (Å²) in [4.78, 5) is 13.7. The Morgan fingerprint density at radius 3 is 2.67 bits per heavy atom. The molecule has 4 rings (SSSR count). The lowest BCUT2D eigenvalue weighted by atomic mass is 10.1. The maximum absolute atomic E-state index is 11.8. The summed E-state index contributed by atoms with van der Waals surface area (Å²) < 4.78 is 5.84. The number of carbonyl (C=O) groups is 1. The topological polar surface area (TPSA) is 71.3 Å². The average Bonchev–Trinajstić information content (AvgIpc) is 3.32. The van der Waals surface area contributed by atoms with Gasteiger partial charge < -0.3 is 14.6 Å². The van der Waals surface area contributed by atoms with Gasteiger partial charge >= 0.3 is 0 Å². The number of benzene rings is 2. The first-order valence-corrected chi connectivity index (χ1v) is 9.17. The first-order chi connectivity index (χ1) is 13.1. The second-order valence-electron chi connectivity index (χ2n) is 6.88. The Hall–Kier alpha value is -3.15. The van der Waals surface area contributed by atoms with Crippen LogP contribution in [0.2, 0.25) is 0 Å². The molecule has 1 aromatic heterocycles. The number of anilines is 2. The van der Waals surface area contributed by atoms with Crippen molar-refractivity contribution < 1.29 is 9.21 Å². The van der Waals surface area contributed by atoms with Gasteiger partial charge in [0.1, 0.15) is 6.04 Å². The van der Waals surface area contributed by atoms with Gasteiger partial charge in [-0.15, -0.1) is 10.2 Å². The van der Waals surface area contributed by atoms with Crippen LogP contribution in [0, 0.1) is 6.92 Å². The third-order valence-electron chi connectivity index (χ3n) is 4.71. The molecule has 1 atom stereocenters. The summed E-state index contributed by atoms with van der Waals surface area (Å²) in [7, 11) is 0. The van der Waals surface area contributed by atoms with E-state index in [1.807, 2.05) is 67.3 Å². The lowest BCUT2D eigenvalue weighted by molar-refractivity contribution is -0.117. The fraction of sp³-hybridized carbons (Fsp3) is 0.286. The van der Waals surface area contributed by atoms with Gasteiger partial charge in [0.15, 0.2) is 0 Å². The van der Waals surface area contributed by atoms with E-state index in [-0.39, 0.29) is 11.9 Å². The van der Waals surface area contributed by atoms with Gasteiger partial charge in [-0.05, 0) is 56.7 Å².